The summed E-state index contributed by atoms with van der Waals surface area (Å²) in [5.41, 5.74) is 2.30. The standard InChI is InChI=1S/C22H23N3OS2/c1-3-4-14-25-20(26)19(21-24(2)17-12-8-9-13-18(17)27-21)28-22(25)23-15-16-10-6-5-7-11-16/h5-13H,3-4,14-15H2,1-2H3/b21-19+,23-22?. The van der Waals surface area contributed by atoms with E-state index < -0.39 is 0 Å². The zero-order valence-electron chi connectivity index (χ0n) is 16.1. The number of fused-ring (bicyclic) bond motifs is 1. The smallest absolute Gasteiger partial charge is 0.269 e. The number of thioether (sulfide) groups is 2. The highest BCUT2D eigenvalue weighted by atomic mass is 32.2. The molecule has 0 spiro atoms. The molecule has 0 N–H and O–H groups in total. The molecule has 2 aromatic carbocycles. The zero-order valence-corrected chi connectivity index (χ0v) is 17.7. The van der Waals surface area contributed by atoms with Gasteiger partial charge in [0.25, 0.3) is 5.91 Å². The number of benzene rings is 2. The van der Waals surface area contributed by atoms with Gasteiger partial charge in [0.05, 0.1) is 17.3 Å². The summed E-state index contributed by atoms with van der Waals surface area (Å²) in [6.45, 7) is 3.45. The third-order valence-corrected chi connectivity index (χ3v) is 7.24. The molecule has 2 heterocycles. The summed E-state index contributed by atoms with van der Waals surface area (Å²) in [6.07, 6.45) is 2.02. The lowest BCUT2D eigenvalue weighted by molar-refractivity contribution is -0.122. The SMILES string of the molecule is CCCCN1C(=O)/C(=C2\Sc3ccccc3N2C)SC1=NCc1ccccc1. The van der Waals surface area contributed by atoms with Crippen molar-refractivity contribution in [1.82, 2.24) is 4.90 Å². The predicted octanol–water partition coefficient (Wildman–Crippen LogP) is 5.33. The van der Waals surface area contributed by atoms with Gasteiger partial charge in [0, 0.05) is 18.5 Å². The van der Waals surface area contributed by atoms with Gasteiger partial charge in [-0.25, -0.2) is 0 Å². The molecule has 6 heteroatoms. The Labute approximate surface area is 174 Å². The molecule has 0 bridgehead atoms. The van der Waals surface area contributed by atoms with Crippen molar-refractivity contribution in [2.24, 2.45) is 4.99 Å². The van der Waals surface area contributed by atoms with Crippen LogP contribution in [0.3, 0.4) is 0 Å². The van der Waals surface area contributed by atoms with E-state index in [9.17, 15) is 4.79 Å². The van der Waals surface area contributed by atoms with Crippen LogP contribution >= 0.6 is 23.5 Å². The predicted molar refractivity (Wildman–Crippen MR) is 120 cm³/mol. The molecule has 2 aliphatic heterocycles. The van der Waals surface area contributed by atoms with Crippen molar-refractivity contribution in [2.45, 2.75) is 31.2 Å². The van der Waals surface area contributed by atoms with Crippen molar-refractivity contribution in [3.8, 4) is 0 Å². The molecule has 0 unspecified atom stereocenters. The van der Waals surface area contributed by atoms with Crippen LogP contribution in [0.25, 0.3) is 0 Å². The van der Waals surface area contributed by atoms with Gasteiger partial charge in [0.2, 0.25) is 0 Å². The molecule has 1 fully saturated rings. The van der Waals surface area contributed by atoms with Gasteiger partial charge in [-0.2, -0.15) is 0 Å². The van der Waals surface area contributed by atoms with E-state index in [-0.39, 0.29) is 5.91 Å². The molecule has 2 aliphatic rings. The fourth-order valence-corrected chi connectivity index (χ4v) is 5.56. The van der Waals surface area contributed by atoms with Crippen LogP contribution in [0.5, 0.6) is 0 Å². The molecular weight excluding hydrogens is 386 g/mol. The van der Waals surface area contributed by atoms with Gasteiger partial charge < -0.3 is 4.90 Å². The van der Waals surface area contributed by atoms with Gasteiger partial charge >= 0.3 is 0 Å². The number of hydrogen-bond donors (Lipinski definition) is 0. The fraction of sp³-hybridized carbons (Fsp3) is 0.273. The maximum absolute atomic E-state index is 13.2. The number of carbonyl (C=O) groups excluding carboxylic acids is 1. The molecule has 4 rings (SSSR count). The van der Waals surface area contributed by atoms with Crippen molar-refractivity contribution in [2.75, 3.05) is 18.5 Å². The lowest BCUT2D eigenvalue weighted by Crippen LogP contribution is -2.30. The number of carbonyl (C=O) groups is 1. The average molecular weight is 410 g/mol. The third kappa shape index (κ3) is 3.71. The van der Waals surface area contributed by atoms with Crippen molar-refractivity contribution < 1.29 is 4.79 Å². The van der Waals surface area contributed by atoms with Gasteiger partial charge in [-0.1, -0.05) is 67.6 Å². The Kier molecular flexibility index (Phi) is 5.78. The number of unbranched alkanes of at least 4 members (excludes halogenated alkanes) is 1. The summed E-state index contributed by atoms with van der Waals surface area (Å²) < 4.78 is 0. The molecule has 28 heavy (non-hydrogen) atoms. The highest BCUT2D eigenvalue weighted by Gasteiger charge is 2.38. The number of rotatable bonds is 5. The van der Waals surface area contributed by atoms with Gasteiger partial charge in [0.15, 0.2) is 5.17 Å². The molecule has 4 nitrogen and oxygen atoms in total. The first kappa shape index (κ1) is 19.2. The van der Waals surface area contributed by atoms with Crippen LogP contribution < -0.4 is 4.90 Å². The number of amides is 1. The van der Waals surface area contributed by atoms with Crippen LogP contribution in [-0.2, 0) is 11.3 Å². The molecule has 0 atom stereocenters. The largest absolute Gasteiger partial charge is 0.337 e. The number of hydrogen-bond acceptors (Lipinski definition) is 5. The second kappa shape index (κ2) is 8.45. The van der Waals surface area contributed by atoms with E-state index in [2.05, 4.69) is 36.1 Å². The topological polar surface area (TPSA) is 35.9 Å². The van der Waals surface area contributed by atoms with E-state index in [1.54, 1.807) is 11.8 Å². The summed E-state index contributed by atoms with van der Waals surface area (Å²) in [6, 6.07) is 18.5. The van der Waals surface area contributed by atoms with E-state index in [1.165, 1.54) is 16.7 Å². The molecule has 1 amide bonds. The van der Waals surface area contributed by atoms with Crippen LogP contribution in [-0.4, -0.2) is 29.6 Å². The lowest BCUT2D eigenvalue weighted by atomic mass is 10.2. The second-order valence-corrected chi connectivity index (χ2v) is 8.77. The summed E-state index contributed by atoms with van der Waals surface area (Å²) in [4.78, 5) is 24.0. The number of aliphatic imine (C=N–C) groups is 1. The van der Waals surface area contributed by atoms with Crippen molar-refractivity contribution >= 4 is 40.3 Å². The lowest BCUT2D eigenvalue weighted by Gasteiger charge is -2.16. The number of nitrogens with zero attached hydrogens (tertiary/aromatic N) is 3. The summed E-state index contributed by atoms with van der Waals surface area (Å²) in [5, 5.41) is 1.82. The summed E-state index contributed by atoms with van der Waals surface area (Å²) >= 11 is 3.18. The minimum absolute atomic E-state index is 0.0763. The maximum atomic E-state index is 13.2. The Morgan fingerprint density at radius 2 is 1.75 bits per heavy atom. The number of anilines is 1. The zero-order chi connectivity index (χ0) is 19.5. The number of para-hydroxylation sites is 1. The molecule has 1 saturated heterocycles. The third-order valence-electron chi connectivity index (χ3n) is 4.77. The number of amidine groups is 1. The molecule has 0 aliphatic carbocycles. The molecule has 144 valence electrons. The van der Waals surface area contributed by atoms with Gasteiger partial charge in [-0.05, 0) is 35.9 Å². The molecule has 2 aromatic rings. The monoisotopic (exact) mass is 409 g/mol. The quantitative estimate of drug-likeness (QED) is 0.626. The Balaban J connectivity index is 1.64. The Bertz CT molecular complexity index is 940. The van der Waals surface area contributed by atoms with Crippen LogP contribution in [0, 0.1) is 0 Å². The minimum Gasteiger partial charge on any atom is -0.337 e. The van der Waals surface area contributed by atoms with Gasteiger partial charge in [0.1, 0.15) is 4.91 Å². The molecule has 0 radical (unpaired) electrons. The summed E-state index contributed by atoms with van der Waals surface area (Å²) in [7, 11) is 2.03. The van der Waals surface area contributed by atoms with Crippen molar-refractivity contribution in [3.05, 3.63) is 70.1 Å². The highest BCUT2D eigenvalue weighted by molar-refractivity contribution is 8.19. The first-order chi connectivity index (χ1) is 13.7. The van der Waals surface area contributed by atoms with E-state index in [0.29, 0.717) is 13.1 Å². The van der Waals surface area contributed by atoms with E-state index in [1.807, 2.05) is 42.3 Å². The minimum atomic E-state index is 0.0763. The summed E-state index contributed by atoms with van der Waals surface area (Å²) in [5.74, 6) is 0.0763. The van der Waals surface area contributed by atoms with Crippen LogP contribution in [0.4, 0.5) is 5.69 Å². The van der Waals surface area contributed by atoms with Crippen LogP contribution in [0.1, 0.15) is 25.3 Å². The van der Waals surface area contributed by atoms with Crippen LogP contribution in [0.15, 0.2) is 74.4 Å². The second-order valence-electron chi connectivity index (χ2n) is 6.76. The highest BCUT2D eigenvalue weighted by Crippen LogP contribution is 2.49. The maximum Gasteiger partial charge on any atom is 0.269 e. The first-order valence-corrected chi connectivity index (χ1v) is 11.2. The molecule has 0 aromatic heterocycles. The Morgan fingerprint density at radius 3 is 2.50 bits per heavy atom. The van der Waals surface area contributed by atoms with Gasteiger partial charge in [-0.15, -0.1) is 0 Å². The Morgan fingerprint density at radius 1 is 1.00 bits per heavy atom. The molecular formula is C22H23N3OS2. The van der Waals surface area contributed by atoms with Crippen molar-refractivity contribution in [1.29, 1.82) is 0 Å². The van der Waals surface area contributed by atoms with E-state index in [0.717, 1.165) is 39.2 Å². The van der Waals surface area contributed by atoms with E-state index >= 15 is 0 Å². The van der Waals surface area contributed by atoms with Crippen molar-refractivity contribution in [3.63, 3.8) is 0 Å². The van der Waals surface area contributed by atoms with Gasteiger partial charge in [-0.3, -0.25) is 14.7 Å². The molecule has 0 saturated carbocycles. The fourth-order valence-electron chi connectivity index (χ4n) is 3.21. The average Bonchev–Trinajstić information content (AvgIpc) is 3.22. The van der Waals surface area contributed by atoms with E-state index in [4.69, 9.17) is 4.99 Å². The first-order valence-electron chi connectivity index (χ1n) is 9.52. The van der Waals surface area contributed by atoms with Crippen LogP contribution in [0.2, 0.25) is 0 Å². The Hall–Kier alpha value is -2.18. The normalized spacial score (nSPS) is 20.4.